The summed E-state index contributed by atoms with van der Waals surface area (Å²) in [5.74, 6) is 0.577. The number of rotatable bonds is 9. The van der Waals surface area contributed by atoms with Crippen LogP contribution in [0, 0.1) is 0 Å². The van der Waals surface area contributed by atoms with Crippen LogP contribution in [0.15, 0.2) is 90.6 Å². The van der Waals surface area contributed by atoms with E-state index in [1.165, 1.54) is 5.56 Å². The number of aliphatic hydroxyl groups is 1. The number of hydrogen-bond acceptors (Lipinski definition) is 6. The molecule has 3 heterocycles. The molecule has 2 aromatic carbocycles. The molecular formula is C31H31N3O2S. The van der Waals surface area contributed by atoms with Gasteiger partial charge in [-0.05, 0) is 67.4 Å². The zero-order chi connectivity index (χ0) is 25.8. The highest BCUT2D eigenvalue weighted by Crippen LogP contribution is 2.42. The number of fused-ring (bicyclic) bond motifs is 1. The van der Waals surface area contributed by atoms with Crippen LogP contribution in [0.5, 0.6) is 5.88 Å². The number of pyridine rings is 2. The monoisotopic (exact) mass is 509 g/mol. The summed E-state index contributed by atoms with van der Waals surface area (Å²) in [5.41, 5.74) is 4.48. The van der Waals surface area contributed by atoms with Crippen LogP contribution in [0.2, 0.25) is 0 Å². The van der Waals surface area contributed by atoms with Crippen LogP contribution in [-0.4, -0.2) is 47.7 Å². The van der Waals surface area contributed by atoms with Gasteiger partial charge in [-0.1, -0.05) is 42.5 Å². The third-order valence-electron chi connectivity index (χ3n) is 6.68. The van der Waals surface area contributed by atoms with Gasteiger partial charge in [-0.3, -0.25) is 4.98 Å². The second-order valence-corrected chi connectivity index (χ2v) is 10.5. The Kier molecular flexibility index (Phi) is 7.33. The van der Waals surface area contributed by atoms with Crippen molar-refractivity contribution < 1.29 is 9.84 Å². The van der Waals surface area contributed by atoms with Gasteiger partial charge in [0.05, 0.1) is 12.6 Å². The summed E-state index contributed by atoms with van der Waals surface area (Å²) in [6.07, 6.45) is 4.86. The van der Waals surface area contributed by atoms with Gasteiger partial charge in [0.2, 0.25) is 5.88 Å². The Hall–Kier alpha value is -3.58. The minimum Gasteiger partial charge on any atom is -0.481 e. The van der Waals surface area contributed by atoms with Gasteiger partial charge in [0.1, 0.15) is 5.60 Å². The van der Waals surface area contributed by atoms with E-state index >= 15 is 0 Å². The normalized spacial score (nSPS) is 13.1. The SMILES string of the molecule is COc1nc2c(C(O)(CCN(C)C)c3cccs3)cc(-c3cccnc3)cc2cc1Cc1ccccc1. The molecule has 0 aliphatic rings. The minimum absolute atomic E-state index is 0.530. The Labute approximate surface area is 222 Å². The van der Waals surface area contributed by atoms with Gasteiger partial charge >= 0.3 is 0 Å². The molecule has 3 aromatic heterocycles. The number of thiophene rings is 1. The van der Waals surface area contributed by atoms with Crippen LogP contribution in [0.3, 0.4) is 0 Å². The first-order valence-corrected chi connectivity index (χ1v) is 13.2. The van der Waals surface area contributed by atoms with Gasteiger partial charge in [-0.25, -0.2) is 4.98 Å². The van der Waals surface area contributed by atoms with Crippen molar-refractivity contribution in [3.05, 3.63) is 112 Å². The van der Waals surface area contributed by atoms with E-state index in [1.54, 1.807) is 24.6 Å². The summed E-state index contributed by atoms with van der Waals surface area (Å²) in [7, 11) is 5.70. The van der Waals surface area contributed by atoms with Crippen LogP contribution in [-0.2, 0) is 12.0 Å². The van der Waals surface area contributed by atoms with Gasteiger partial charge in [0.25, 0.3) is 0 Å². The predicted octanol–water partition coefficient (Wildman–Crippen LogP) is 6.15. The fraction of sp³-hybridized carbons (Fsp3) is 0.226. The van der Waals surface area contributed by atoms with Crippen LogP contribution < -0.4 is 4.74 Å². The van der Waals surface area contributed by atoms with E-state index in [4.69, 9.17) is 9.72 Å². The molecule has 1 atom stereocenters. The van der Waals surface area contributed by atoms with Gasteiger partial charge in [-0.2, -0.15) is 0 Å². The van der Waals surface area contributed by atoms with Crippen molar-refractivity contribution in [1.29, 1.82) is 0 Å². The molecule has 0 amide bonds. The van der Waals surface area contributed by atoms with E-state index in [-0.39, 0.29) is 0 Å². The standard InChI is InChI=1S/C31H31N3O2S/c1-34(2)15-13-31(35,28-12-8-16-37-28)27-20-24(23-11-7-14-32-21-23)18-25-19-26(30(36-3)33-29(25)27)17-22-9-5-4-6-10-22/h4-12,14,16,18-21,35H,13,15,17H2,1-3H3. The van der Waals surface area contributed by atoms with Crippen molar-refractivity contribution >= 4 is 22.2 Å². The molecule has 5 aromatic rings. The first kappa shape index (κ1) is 25.1. The molecule has 1 unspecified atom stereocenters. The fourth-order valence-corrected chi connectivity index (χ4v) is 5.61. The molecule has 0 saturated heterocycles. The molecule has 6 heteroatoms. The van der Waals surface area contributed by atoms with Gasteiger partial charge in [0, 0.05) is 52.3 Å². The average Bonchev–Trinajstić information content (AvgIpc) is 3.48. The maximum Gasteiger partial charge on any atom is 0.217 e. The summed E-state index contributed by atoms with van der Waals surface area (Å²) in [5, 5.41) is 15.4. The Morgan fingerprint density at radius 1 is 0.973 bits per heavy atom. The van der Waals surface area contributed by atoms with E-state index in [0.717, 1.165) is 44.6 Å². The van der Waals surface area contributed by atoms with Crippen LogP contribution >= 0.6 is 11.3 Å². The fourth-order valence-electron chi connectivity index (χ4n) is 4.74. The molecule has 0 bridgehead atoms. The molecule has 5 nitrogen and oxygen atoms in total. The van der Waals surface area contributed by atoms with E-state index in [2.05, 4.69) is 40.2 Å². The molecule has 0 aliphatic heterocycles. The van der Waals surface area contributed by atoms with E-state index < -0.39 is 5.60 Å². The highest BCUT2D eigenvalue weighted by Gasteiger charge is 2.35. The van der Waals surface area contributed by atoms with Gasteiger partial charge in [0.15, 0.2) is 0 Å². The minimum atomic E-state index is -1.21. The Bertz CT molecular complexity index is 1470. The second kappa shape index (κ2) is 10.8. The second-order valence-electron chi connectivity index (χ2n) is 9.55. The number of hydrogen-bond donors (Lipinski definition) is 1. The van der Waals surface area contributed by atoms with Crippen molar-refractivity contribution in [2.75, 3.05) is 27.7 Å². The van der Waals surface area contributed by atoms with Crippen molar-refractivity contribution in [2.45, 2.75) is 18.4 Å². The maximum atomic E-state index is 12.4. The number of benzene rings is 2. The molecule has 0 aliphatic carbocycles. The van der Waals surface area contributed by atoms with Gasteiger partial charge in [-0.15, -0.1) is 11.3 Å². The quantitative estimate of drug-likeness (QED) is 0.258. The lowest BCUT2D eigenvalue weighted by Gasteiger charge is -2.31. The highest BCUT2D eigenvalue weighted by molar-refractivity contribution is 7.10. The summed E-state index contributed by atoms with van der Waals surface area (Å²) >= 11 is 1.56. The Morgan fingerprint density at radius 3 is 2.49 bits per heavy atom. The smallest absolute Gasteiger partial charge is 0.217 e. The molecule has 188 valence electrons. The third kappa shape index (κ3) is 5.27. The lowest BCUT2D eigenvalue weighted by atomic mass is 9.84. The Morgan fingerprint density at radius 2 is 1.81 bits per heavy atom. The number of methoxy groups -OCH3 is 1. The first-order valence-electron chi connectivity index (χ1n) is 12.4. The molecule has 0 radical (unpaired) electrons. The first-order chi connectivity index (χ1) is 18.0. The number of nitrogens with zero attached hydrogens (tertiary/aromatic N) is 3. The molecule has 0 fully saturated rings. The van der Waals surface area contributed by atoms with Crippen molar-refractivity contribution in [3.8, 4) is 17.0 Å². The third-order valence-corrected chi connectivity index (χ3v) is 7.70. The molecule has 5 rings (SSSR count). The van der Waals surface area contributed by atoms with Crippen LogP contribution in [0.1, 0.15) is 28.0 Å². The largest absolute Gasteiger partial charge is 0.481 e. The maximum absolute atomic E-state index is 12.4. The van der Waals surface area contributed by atoms with E-state index in [9.17, 15) is 5.11 Å². The molecule has 37 heavy (non-hydrogen) atoms. The lowest BCUT2D eigenvalue weighted by Crippen LogP contribution is -2.31. The van der Waals surface area contributed by atoms with E-state index in [0.29, 0.717) is 18.7 Å². The molecule has 1 N–H and O–H groups in total. The summed E-state index contributed by atoms with van der Waals surface area (Å²) in [6.45, 7) is 0.718. The van der Waals surface area contributed by atoms with E-state index in [1.807, 2.05) is 68.1 Å². The highest BCUT2D eigenvalue weighted by atomic mass is 32.1. The van der Waals surface area contributed by atoms with Crippen LogP contribution in [0.25, 0.3) is 22.0 Å². The predicted molar refractivity (Wildman–Crippen MR) is 151 cm³/mol. The zero-order valence-electron chi connectivity index (χ0n) is 21.4. The number of aromatic nitrogens is 2. The Balaban J connectivity index is 1.76. The topological polar surface area (TPSA) is 58.5 Å². The molecule has 0 spiro atoms. The number of ether oxygens (including phenoxy) is 1. The summed E-state index contributed by atoms with van der Waals surface area (Å²) in [4.78, 5) is 12.4. The molecule has 0 saturated carbocycles. The van der Waals surface area contributed by atoms with Crippen molar-refractivity contribution in [3.63, 3.8) is 0 Å². The van der Waals surface area contributed by atoms with Crippen molar-refractivity contribution in [2.24, 2.45) is 0 Å². The average molecular weight is 510 g/mol. The summed E-state index contributed by atoms with van der Waals surface area (Å²) in [6, 6.07) is 24.6. The van der Waals surface area contributed by atoms with Crippen molar-refractivity contribution in [1.82, 2.24) is 14.9 Å². The van der Waals surface area contributed by atoms with Crippen LogP contribution in [0.4, 0.5) is 0 Å². The zero-order valence-corrected chi connectivity index (χ0v) is 22.2. The summed E-state index contributed by atoms with van der Waals surface area (Å²) < 4.78 is 5.79. The van der Waals surface area contributed by atoms with Gasteiger partial charge < -0.3 is 14.7 Å². The lowest BCUT2D eigenvalue weighted by molar-refractivity contribution is 0.0678. The molecular weight excluding hydrogens is 478 g/mol.